The Balaban J connectivity index is 2.19. The standard InChI is InChI=1S/C8H14N8/c1-3(5-11-7(9)15-13-5)4(2)6-12-8(10)16-14-6/h3-4H,1-2H3,(H3,9,11,13,15)(H3,10,12,14,16). The fourth-order valence-electron chi connectivity index (χ4n) is 1.46. The maximum absolute atomic E-state index is 5.45. The summed E-state index contributed by atoms with van der Waals surface area (Å²) in [6.45, 7) is 4.01. The molecule has 86 valence electrons. The first kappa shape index (κ1) is 10.4. The molecule has 0 amide bonds. The number of hydrogen-bond acceptors (Lipinski definition) is 6. The van der Waals surface area contributed by atoms with Crippen LogP contribution >= 0.6 is 0 Å². The number of nitrogens with zero attached hydrogens (tertiary/aromatic N) is 4. The molecule has 0 aliphatic rings. The molecule has 0 aliphatic carbocycles. The molecular formula is C8H14N8. The molecule has 0 saturated heterocycles. The Morgan fingerprint density at radius 3 is 1.50 bits per heavy atom. The number of nitrogens with one attached hydrogen (secondary N) is 2. The van der Waals surface area contributed by atoms with Crippen molar-refractivity contribution in [3.8, 4) is 0 Å². The van der Waals surface area contributed by atoms with Crippen molar-refractivity contribution < 1.29 is 0 Å². The molecule has 0 aliphatic heterocycles. The SMILES string of the molecule is CC(c1nc(N)n[nH]1)C(C)c1nc(N)n[nH]1. The van der Waals surface area contributed by atoms with Gasteiger partial charge in [-0.25, -0.2) is 0 Å². The molecule has 0 radical (unpaired) electrons. The zero-order valence-corrected chi connectivity index (χ0v) is 9.10. The summed E-state index contributed by atoms with van der Waals surface area (Å²) in [6, 6.07) is 0. The second kappa shape index (κ2) is 3.80. The number of rotatable bonds is 3. The van der Waals surface area contributed by atoms with E-state index < -0.39 is 0 Å². The van der Waals surface area contributed by atoms with Gasteiger partial charge in [-0.15, -0.1) is 10.2 Å². The number of aromatic nitrogens is 6. The Bertz CT molecular complexity index is 428. The average Bonchev–Trinajstić information content (AvgIpc) is 2.85. The van der Waals surface area contributed by atoms with Gasteiger partial charge in [0.25, 0.3) is 0 Å². The lowest BCUT2D eigenvalue weighted by molar-refractivity contribution is 0.565. The Morgan fingerprint density at radius 2 is 1.25 bits per heavy atom. The highest BCUT2D eigenvalue weighted by Gasteiger charge is 2.22. The van der Waals surface area contributed by atoms with E-state index in [2.05, 4.69) is 30.4 Å². The van der Waals surface area contributed by atoms with Crippen LogP contribution in [0.4, 0.5) is 11.9 Å². The molecule has 2 heterocycles. The molecule has 2 unspecified atom stereocenters. The smallest absolute Gasteiger partial charge is 0.239 e. The lowest BCUT2D eigenvalue weighted by Gasteiger charge is -2.14. The lowest BCUT2D eigenvalue weighted by atomic mass is 9.95. The molecule has 0 aromatic carbocycles. The zero-order chi connectivity index (χ0) is 11.7. The average molecular weight is 222 g/mol. The third-order valence-corrected chi connectivity index (χ3v) is 2.65. The minimum atomic E-state index is 0.0946. The molecule has 8 nitrogen and oxygen atoms in total. The summed E-state index contributed by atoms with van der Waals surface area (Å²) in [5.41, 5.74) is 10.9. The number of nitrogens with two attached hydrogens (primary N) is 2. The molecule has 0 spiro atoms. The highest BCUT2D eigenvalue weighted by molar-refractivity contribution is 5.19. The van der Waals surface area contributed by atoms with Crippen LogP contribution in [-0.4, -0.2) is 30.4 Å². The summed E-state index contributed by atoms with van der Waals surface area (Å²) in [7, 11) is 0. The first-order chi connectivity index (χ1) is 7.58. The van der Waals surface area contributed by atoms with Gasteiger partial charge in [0.1, 0.15) is 11.6 Å². The van der Waals surface area contributed by atoms with E-state index >= 15 is 0 Å². The van der Waals surface area contributed by atoms with Gasteiger partial charge in [-0.3, -0.25) is 10.2 Å². The molecule has 2 atom stereocenters. The van der Waals surface area contributed by atoms with Crippen LogP contribution in [0.25, 0.3) is 0 Å². The van der Waals surface area contributed by atoms with Crippen LogP contribution in [0.1, 0.15) is 37.3 Å². The topological polar surface area (TPSA) is 135 Å². The number of anilines is 2. The summed E-state index contributed by atoms with van der Waals surface area (Å²) in [4.78, 5) is 8.16. The molecule has 0 saturated carbocycles. The number of nitrogen functional groups attached to an aromatic ring is 2. The maximum Gasteiger partial charge on any atom is 0.239 e. The van der Waals surface area contributed by atoms with Crippen molar-refractivity contribution in [1.29, 1.82) is 0 Å². The van der Waals surface area contributed by atoms with Gasteiger partial charge >= 0.3 is 0 Å². The third kappa shape index (κ3) is 1.81. The van der Waals surface area contributed by atoms with Crippen molar-refractivity contribution in [3.05, 3.63) is 11.6 Å². The van der Waals surface area contributed by atoms with Gasteiger partial charge < -0.3 is 11.5 Å². The molecule has 8 heteroatoms. The van der Waals surface area contributed by atoms with E-state index in [1.807, 2.05) is 13.8 Å². The fraction of sp³-hybridized carbons (Fsp3) is 0.500. The molecule has 0 fully saturated rings. The number of H-pyrrole nitrogens is 2. The number of aromatic amines is 2. The molecule has 2 aromatic heterocycles. The van der Waals surface area contributed by atoms with Gasteiger partial charge in [-0.2, -0.15) is 9.97 Å². The first-order valence-corrected chi connectivity index (χ1v) is 4.93. The Hall–Kier alpha value is -2.12. The van der Waals surface area contributed by atoms with E-state index in [1.54, 1.807) is 0 Å². The molecule has 2 aromatic rings. The second-order valence-electron chi connectivity index (χ2n) is 3.74. The Labute approximate surface area is 91.9 Å². The largest absolute Gasteiger partial charge is 0.367 e. The van der Waals surface area contributed by atoms with Crippen molar-refractivity contribution in [2.24, 2.45) is 0 Å². The maximum atomic E-state index is 5.45. The predicted octanol–water partition coefficient (Wildman–Crippen LogP) is -0.00560. The second-order valence-corrected chi connectivity index (χ2v) is 3.74. The lowest BCUT2D eigenvalue weighted by Crippen LogP contribution is -2.08. The van der Waals surface area contributed by atoms with Gasteiger partial charge in [0.2, 0.25) is 11.9 Å². The normalized spacial score (nSPS) is 14.9. The first-order valence-electron chi connectivity index (χ1n) is 4.93. The fourth-order valence-corrected chi connectivity index (χ4v) is 1.46. The van der Waals surface area contributed by atoms with Crippen LogP contribution in [0.15, 0.2) is 0 Å². The summed E-state index contributed by atoms with van der Waals surface area (Å²) < 4.78 is 0. The van der Waals surface area contributed by atoms with Crippen molar-refractivity contribution in [3.63, 3.8) is 0 Å². The van der Waals surface area contributed by atoms with Crippen LogP contribution in [0, 0.1) is 0 Å². The van der Waals surface area contributed by atoms with Crippen LogP contribution in [0.2, 0.25) is 0 Å². The van der Waals surface area contributed by atoms with E-state index in [1.165, 1.54) is 0 Å². The highest BCUT2D eigenvalue weighted by Crippen LogP contribution is 2.28. The van der Waals surface area contributed by atoms with Crippen LogP contribution < -0.4 is 11.5 Å². The van der Waals surface area contributed by atoms with Crippen LogP contribution in [0.5, 0.6) is 0 Å². The van der Waals surface area contributed by atoms with E-state index in [0.29, 0.717) is 0 Å². The van der Waals surface area contributed by atoms with E-state index in [0.717, 1.165) is 11.6 Å². The predicted molar refractivity (Wildman–Crippen MR) is 58.4 cm³/mol. The van der Waals surface area contributed by atoms with Gasteiger partial charge in [0.15, 0.2) is 0 Å². The minimum Gasteiger partial charge on any atom is -0.367 e. The van der Waals surface area contributed by atoms with E-state index in [4.69, 9.17) is 11.5 Å². The van der Waals surface area contributed by atoms with Crippen LogP contribution in [0.3, 0.4) is 0 Å². The Morgan fingerprint density at radius 1 is 0.875 bits per heavy atom. The molecule has 16 heavy (non-hydrogen) atoms. The van der Waals surface area contributed by atoms with E-state index in [-0.39, 0.29) is 23.7 Å². The van der Waals surface area contributed by atoms with Crippen molar-refractivity contribution in [1.82, 2.24) is 30.4 Å². The quantitative estimate of drug-likeness (QED) is 0.577. The zero-order valence-electron chi connectivity index (χ0n) is 9.10. The highest BCUT2D eigenvalue weighted by atomic mass is 15.3. The third-order valence-electron chi connectivity index (χ3n) is 2.65. The van der Waals surface area contributed by atoms with Gasteiger partial charge in [-0.1, -0.05) is 13.8 Å². The van der Waals surface area contributed by atoms with Gasteiger partial charge in [-0.05, 0) is 0 Å². The monoisotopic (exact) mass is 222 g/mol. The molecule has 0 bridgehead atoms. The summed E-state index contributed by atoms with van der Waals surface area (Å²) >= 11 is 0. The van der Waals surface area contributed by atoms with Crippen molar-refractivity contribution in [2.75, 3.05) is 11.5 Å². The molecule has 6 N–H and O–H groups in total. The van der Waals surface area contributed by atoms with Crippen LogP contribution in [-0.2, 0) is 0 Å². The van der Waals surface area contributed by atoms with Crippen molar-refractivity contribution >= 4 is 11.9 Å². The van der Waals surface area contributed by atoms with Gasteiger partial charge in [0, 0.05) is 11.8 Å². The summed E-state index contributed by atoms with van der Waals surface area (Å²) in [5.74, 6) is 2.12. The van der Waals surface area contributed by atoms with Crippen molar-refractivity contribution in [2.45, 2.75) is 25.7 Å². The summed E-state index contributed by atoms with van der Waals surface area (Å²) in [5, 5.41) is 13.1. The molecular weight excluding hydrogens is 208 g/mol. The molecule has 2 rings (SSSR count). The minimum absolute atomic E-state index is 0.0946. The van der Waals surface area contributed by atoms with E-state index in [9.17, 15) is 0 Å². The Kier molecular flexibility index (Phi) is 2.47. The summed E-state index contributed by atoms with van der Waals surface area (Å²) in [6.07, 6.45) is 0. The van der Waals surface area contributed by atoms with Gasteiger partial charge in [0.05, 0.1) is 0 Å². The number of hydrogen-bond donors (Lipinski definition) is 4.